The molecule has 4 aromatic rings. The van der Waals surface area contributed by atoms with Gasteiger partial charge in [0.05, 0.1) is 0 Å². The number of hydrogen-bond donors (Lipinski definition) is 4. The van der Waals surface area contributed by atoms with Crippen LogP contribution in [0.5, 0.6) is 5.75 Å². The van der Waals surface area contributed by atoms with Gasteiger partial charge < -0.3 is 20.1 Å². The Balaban J connectivity index is 1.49. The summed E-state index contributed by atoms with van der Waals surface area (Å²) in [5.41, 5.74) is 5.21. The third kappa shape index (κ3) is 8.94. The minimum Gasteiger partial charge on any atom is -0.489 e. The van der Waals surface area contributed by atoms with Crippen LogP contribution in [0.4, 0.5) is 4.79 Å². The third-order valence-electron chi connectivity index (χ3n) is 6.26. The Kier molecular flexibility index (Phi) is 10.5. The van der Waals surface area contributed by atoms with E-state index in [9.17, 15) is 14.4 Å². The number of rotatable bonds is 12. The second-order valence-electron chi connectivity index (χ2n) is 9.24. The molecule has 5 N–H and O–H groups in total. The van der Waals surface area contributed by atoms with E-state index in [0.717, 1.165) is 16.7 Å². The molecule has 0 fully saturated rings. The summed E-state index contributed by atoms with van der Waals surface area (Å²) in [5.74, 6) is 4.81. The van der Waals surface area contributed by atoms with Crippen LogP contribution in [0.1, 0.15) is 28.3 Å². The molecule has 0 bridgehead atoms. The van der Waals surface area contributed by atoms with Crippen LogP contribution in [0.3, 0.4) is 0 Å². The van der Waals surface area contributed by atoms with Gasteiger partial charge >= 0.3 is 6.09 Å². The molecular weight excluding hydrogens is 520 g/mol. The van der Waals surface area contributed by atoms with Crippen LogP contribution < -0.4 is 26.6 Å². The minimum atomic E-state index is -1.16. The Morgan fingerprint density at radius 2 is 1.17 bits per heavy atom. The van der Waals surface area contributed by atoms with E-state index < -0.39 is 30.0 Å². The molecule has 9 nitrogen and oxygen atoms in total. The summed E-state index contributed by atoms with van der Waals surface area (Å²) in [6.45, 7) is 0.406. The molecule has 0 aromatic heterocycles. The van der Waals surface area contributed by atoms with Gasteiger partial charge in [-0.2, -0.15) is 0 Å². The van der Waals surface area contributed by atoms with Crippen molar-refractivity contribution in [3.63, 3.8) is 0 Å². The van der Waals surface area contributed by atoms with Crippen LogP contribution in [0.2, 0.25) is 0 Å². The van der Waals surface area contributed by atoms with Gasteiger partial charge in [0, 0.05) is 6.42 Å². The van der Waals surface area contributed by atoms with Crippen molar-refractivity contribution in [2.24, 2.45) is 5.84 Å². The predicted molar refractivity (Wildman–Crippen MR) is 154 cm³/mol. The van der Waals surface area contributed by atoms with Crippen LogP contribution >= 0.6 is 0 Å². The fourth-order valence-electron chi connectivity index (χ4n) is 4.10. The van der Waals surface area contributed by atoms with Crippen molar-refractivity contribution >= 4 is 17.9 Å². The molecule has 2 atom stereocenters. The van der Waals surface area contributed by atoms with Crippen LogP contribution in [0.15, 0.2) is 115 Å². The second kappa shape index (κ2) is 14.9. The Hall–Kier alpha value is -5.15. The molecular formula is C32H32N4O5. The number of amides is 3. The van der Waals surface area contributed by atoms with Crippen LogP contribution in [-0.4, -0.2) is 23.9 Å². The molecule has 210 valence electrons. The molecule has 0 aliphatic heterocycles. The number of nitrogens with two attached hydrogens (primary N) is 1. The van der Waals surface area contributed by atoms with Gasteiger partial charge in [-0.3, -0.25) is 15.0 Å². The van der Waals surface area contributed by atoms with Crippen LogP contribution in [0, 0.1) is 0 Å². The highest BCUT2D eigenvalue weighted by Gasteiger charge is 2.28. The zero-order chi connectivity index (χ0) is 28.9. The maximum absolute atomic E-state index is 13.5. The number of hydrogen-bond acceptors (Lipinski definition) is 6. The van der Waals surface area contributed by atoms with Gasteiger partial charge in [0.1, 0.15) is 31.0 Å². The molecule has 3 amide bonds. The maximum Gasteiger partial charge on any atom is 0.408 e. The standard InChI is InChI=1S/C32H32N4O5/c33-36-30(37)28(20-23-10-4-1-5-11-23)34-31(38)29(35-32(39)41-22-25-14-8-3-9-15-25)26-16-18-27(19-17-26)40-21-24-12-6-2-7-13-24/h1-19,28-29H,20-22,33H2,(H,34,38)(H,35,39)(H,36,37)/t28-,29-/m0/s1. The fourth-order valence-corrected chi connectivity index (χ4v) is 4.10. The monoisotopic (exact) mass is 552 g/mol. The van der Waals surface area contributed by atoms with Crippen molar-refractivity contribution in [1.29, 1.82) is 0 Å². The van der Waals surface area contributed by atoms with E-state index in [0.29, 0.717) is 17.9 Å². The van der Waals surface area contributed by atoms with E-state index in [1.165, 1.54) is 0 Å². The first-order valence-electron chi connectivity index (χ1n) is 13.1. The third-order valence-corrected chi connectivity index (χ3v) is 6.26. The summed E-state index contributed by atoms with van der Waals surface area (Å²) in [4.78, 5) is 38.8. The van der Waals surface area contributed by atoms with Gasteiger partial charge in [0.2, 0.25) is 5.91 Å². The second-order valence-corrected chi connectivity index (χ2v) is 9.24. The Morgan fingerprint density at radius 3 is 1.73 bits per heavy atom. The van der Waals surface area contributed by atoms with E-state index >= 15 is 0 Å². The molecule has 0 heterocycles. The molecule has 0 saturated carbocycles. The van der Waals surface area contributed by atoms with Gasteiger partial charge in [0.25, 0.3) is 5.91 Å². The molecule has 0 aliphatic rings. The van der Waals surface area contributed by atoms with Crippen molar-refractivity contribution in [3.8, 4) is 5.75 Å². The van der Waals surface area contributed by atoms with Crippen LogP contribution in [-0.2, 0) is 34.0 Å². The normalized spacial score (nSPS) is 11.9. The summed E-state index contributed by atoms with van der Waals surface area (Å²) in [7, 11) is 0. The molecule has 9 heteroatoms. The lowest BCUT2D eigenvalue weighted by atomic mass is 10.0. The summed E-state index contributed by atoms with van der Waals surface area (Å²) in [6, 6.07) is 32.8. The lowest BCUT2D eigenvalue weighted by Crippen LogP contribution is -2.52. The lowest BCUT2D eigenvalue weighted by Gasteiger charge is -2.23. The Morgan fingerprint density at radius 1 is 0.634 bits per heavy atom. The number of carbonyl (C=O) groups excluding carboxylic acids is 3. The highest BCUT2D eigenvalue weighted by atomic mass is 16.5. The number of hydrazine groups is 1. The van der Waals surface area contributed by atoms with Gasteiger partial charge in [-0.25, -0.2) is 10.6 Å². The molecule has 0 aliphatic carbocycles. The SMILES string of the molecule is NNC(=O)[C@H](Cc1ccccc1)NC(=O)[C@@H](NC(=O)OCc1ccccc1)c1ccc(OCc2ccccc2)cc1. The first kappa shape index (κ1) is 28.8. The first-order chi connectivity index (χ1) is 20.0. The number of alkyl carbamates (subject to hydrolysis) is 1. The van der Waals surface area contributed by atoms with Crippen molar-refractivity contribution in [2.75, 3.05) is 0 Å². The van der Waals surface area contributed by atoms with E-state index in [4.69, 9.17) is 15.3 Å². The van der Waals surface area contributed by atoms with E-state index in [2.05, 4.69) is 16.1 Å². The van der Waals surface area contributed by atoms with E-state index in [1.54, 1.807) is 24.3 Å². The smallest absolute Gasteiger partial charge is 0.408 e. The Bertz CT molecular complexity index is 1400. The minimum absolute atomic E-state index is 0.0273. The molecule has 0 radical (unpaired) electrons. The number of benzene rings is 4. The first-order valence-corrected chi connectivity index (χ1v) is 13.1. The molecule has 0 spiro atoms. The van der Waals surface area contributed by atoms with E-state index in [1.807, 2.05) is 91.0 Å². The largest absolute Gasteiger partial charge is 0.489 e. The molecule has 0 saturated heterocycles. The van der Waals surface area contributed by atoms with Gasteiger partial charge in [-0.1, -0.05) is 103 Å². The quantitative estimate of drug-likeness (QED) is 0.120. The Labute approximate surface area is 238 Å². The average molecular weight is 553 g/mol. The number of nitrogens with one attached hydrogen (secondary N) is 3. The predicted octanol–water partition coefficient (Wildman–Crippen LogP) is 3.95. The lowest BCUT2D eigenvalue weighted by molar-refractivity contribution is -0.130. The van der Waals surface area contributed by atoms with Crippen LogP contribution in [0.25, 0.3) is 0 Å². The number of ether oxygens (including phenoxy) is 2. The molecule has 41 heavy (non-hydrogen) atoms. The topological polar surface area (TPSA) is 132 Å². The van der Waals surface area contributed by atoms with E-state index in [-0.39, 0.29) is 13.0 Å². The fraction of sp³-hybridized carbons (Fsp3) is 0.156. The highest BCUT2D eigenvalue weighted by molar-refractivity contribution is 5.92. The summed E-state index contributed by atoms with van der Waals surface area (Å²) >= 11 is 0. The molecule has 4 aromatic carbocycles. The summed E-state index contributed by atoms with van der Waals surface area (Å²) < 4.78 is 11.2. The van der Waals surface area contributed by atoms with Gasteiger partial charge in [-0.05, 0) is 34.4 Å². The zero-order valence-electron chi connectivity index (χ0n) is 22.4. The van der Waals surface area contributed by atoms with Crippen molar-refractivity contribution < 1.29 is 23.9 Å². The van der Waals surface area contributed by atoms with Crippen molar-refractivity contribution in [1.82, 2.24) is 16.1 Å². The summed E-state index contributed by atoms with van der Waals surface area (Å²) in [5, 5.41) is 5.35. The van der Waals surface area contributed by atoms with Crippen molar-refractivity contribution in [3.05, 3.63) is 138 Å². The zero-order valence-corrected chi connectivity index (χ0v) is 22.4. The van der Waals surface area contributed by atoms with Gasteiger partial charge in [0.15, 0.2) is 0 Å². The van der Waals surface area contributed by atoms with Crippen molar-refractivity contribution in [2.45, 2.75) is 31.7 Å². The molecule has 0 unspecified atom stereocenters. The number of carbonyl (C=O) groups is 3. The van der Waals surface area contributed by atoms with Gasteiger partial charge in [-0.15, -0.1) is 0 Å². The highest BCUT2D eigenvalue weighted by Crippen LogP contribution is 2.20. The molecule has 4 rings (SSSR count). The maximum atomic E-state index is 13.5. The average Bonchev–Trinajstić information content (AvgIpc) is 3.02. The summed E-state index contributed by atoms with van der Waals surface area (Å²) in [6.07, 6.45) is -0.589.